The molecule has 0 fully saturated rings. The Morgan fingerprint density at radius 1 is 1.37 bits per heavy atom. The van der Waals surface area contributed by atoms with Crippen molar-refractivity contribution in [3.05, 3.63) is 11.9 Å². The highest BCUT2D eigenvalue weighted by Gasteiger charge is 2.26. The molecule has 0 spiro atoms. The van der Waals surface area contributed by atoms with E-state index in [9.17, 15) is 13.2 Å². The fourth-order valence-electron chi connectivity index (χ4n) is 1.72. The smallest absolute Gasteiger partial charge is 0.246 e. The highest BCUT2D eigenvalue weighted by molar-refractivity contribution is 7.89. The third-order valence-electron chi connectivity index (χ3n) is 2.95. The molecule has 1 aromatic rings. The zero-order valence-corrected chi connectivity index (χ0v) is 12.5. The Labute approximate surface area is 113 Å². The maximum Gasteiger partial charge on any atom is 0.246 e. The summed E-state index contributed by atoms with van der Waals surface area (Å²) in [5, 5.41) is 6.27. The van der Waals surface area contributed by atoms with Gasteiger partial charge in [-0.2, -0.15) is 9.40 Å². The van der Waals surface area contributed by atoms with Gasteiger partial charge in [-0.25, -0.2) is 8.42 Å². The number of aromatic nitrogens is 2. The zero-order valence-electron chi connectivity index (χ0n) is 11.7. The fraction of sp³-hybridized carbons (Fsp3) is 0.636. The SMILES string of the molecule is CCN(CC)C(=O)CN(C)S(=O)(=O)c1cn[nH]c1C. The van der Waals surface area contributed by atoms with E-state index in [0.29, 0.717) is 18.8 Å². The number of amides is 1. The number of aryl methyl sites for hydroxylation is 1. The molecule has 0 saturated heterocycles. The number of carbonyl (C=O) groups excluding carboxylic acids is 1. The van der Waals surface area contributed by atoms with Crippen LogP contribution in [0.5, 0.6) is 0 Å². The summed E-state index contributed by atoms with van der Waals surface area (Å²) in [7, 11) is -2.29. The van der Waals surface area contributed by atoms with Gasteiger partial charge in [-0.3, -0.25) is 9.89 Å². The maximum absolute atomic E-state index is 12.2. The van der Waals surface area contributed by atoms with Gasteiger partial charge in [0, 0.05) is 20.1 Å². The Morgan fingerprint density at radius 3 is 2.37 bits per heavy atom. The highest BCUT2D eigenvalue weighted by Crippen LogP contribution is 2.16. The van der Waals surface area contributed by atoms with Crippen LogP contribution in [0.3, 0.4) is 0 Å². The molecule has 7 nitrogen and oxygen atoms in total. The Morgan fingerprint density at radius 2 is 1.95 bits per heavy atom. The van der Waals surface area contributed by atoms with E-state index in [1.54, 1.807) is 11.8 Å². The van der Waals surface area contributed by atoms with Crippen LogP contribution in [0.15, 0.2) is 11.1 Å². The van der Waals surface area contributed by atoms with Crippen molar-refractivity contribution in [1.29, 1.82) is 0 Å². The molecule has 0 radical (unpaired) electrons. The summed E-state index contributed by atoms with van der Waals surface area (Å²) in [5.74, 6) is -0.211. The second kappa shape index (κ2) is 6.16. The van der Waals surface area contributed by atoms with Crippen LogP contribution in [-0.2, 0) is 14.8 Å². The standard InChI is InChI=1S/C11H20N4O3S/c1-5-15(6-2)11(16)8-14(4)19(17,18)10-7-12-13-9(10)3/h7H,5-6,8H2,1-4H3,(H,12,13). The molecule has 19 heavy (non-hydrogen) atoms. The first-order chi connectivity index (χ1) is 8.84. The molecule has 0 aliphatic heterocycles. The lowest BCUT2D eigenvalue weighted by atomic mass is 10.4. The average Bonchev–Trinajstić information content (AvgIpc) is 2.77. The molecular weight excluding hydrogens is 268 g/mol. The van der Waals surface area contributed by atoms with Crippen LogP contribution in [0.4, 0.5) is 0 Å². The Hall–Kier alpha value is -1.41. The Kier molecular flexibility index (Phi) is 5.07. The number of carbonyl (C=O) groups is 1. The van der Waals surface area contributed by atoms with Crippen molar-refractivity contribution in [3.8, 4) is 0 Å². The molecule has 0 saturated carbocycles. The van der Waals surface area contributed by atoms with Crippen molar-refractivity contribution in [3.63, 3.8) is 0 Å². The first-order valence-corrected chi connectivity index (χ1v) is 7.52. The van der Waals surface area contributed by atoms with Crippen molar-refractivity contribution in [2.75, 3.05) is 26.7 Å². The summed E-state index contributed by atoms with van der Waals surface area (Å²) in [5.41, 5.74) is 0.460. The normalized spacial score (nSPS) is 11.8. The minimum absolute atomic E-state index is 0.0994. The fourth-order valence-corrected chi connectivity index (χ4v) is 2.95. The molecule has 1 amide bonds. The van der Waals surface area contributed by atoms with Crippen molar-refractivity contribution in [1.82, 2.24) is 19.4 Å². The number of aromatic amines is 1. The molecule has 0 bridgehead atoms. The number of hydrogen-bond donors (Lipinski definition) is 1. The van der Waals surface area contributed by atoms with Crippen molar-refractivity contribution in [2.24, 2.45) is 0 Å². The van der Waals surface area contributed by atoms with E-state index in [4.69, 9.17) is 0 Å². The van der Waals surface area contributed by atoms with E-state index in [1.165, 1.54) is 13.2 Å². The number of likely N-dealkylation sites (N-methyl/N-ethyl adjacent to an activating group) is 2. The molecule has 1 aromatic heterocycles. The summed E-state index contributed by atoms with van der Waals surface area (Å²) in [6, 6.07) is 0. The molecule has 1 rings (SSSR count). The molecule has 1 N–H and O–H groups in total. The van der Waals surface area contributed by atoms with Crippen LogP contribution < -0.4 is 0 Å². The van der Waals surface area contributed by atoms with Crippen LogP contribution in [0.2, 0.25) is 0 Å². The van der Waals surface area contributed by atoms with Gasteiger partial charge in [0.25, 0.3) is 0 Å². The molecular formula is C11H20N4O3S. The van der Waals surface area contributed by atoms with Gasteiger partial charge in [0.05, 0.1) is 18.4 Å². The second-order valence-corrected chi connectivity index (χ2v) is 6.20. The van der Waals surface area contributed by atoms with E-state index in [-0.39, 0.29) is 17.3 Å². The molecule has 0 aliphatic carbocycles. The van der Waals surface area contributed by atoms with Gasteiger partial charge in [-0.05, 0) is 20.8 Å². The minimum atomic E-state index is -3.68. The molecule has 0 unspecified atom stereocenters. The maximum atomic E-state index is 12.2. The largest absolute Gasteiger partial charge is 0.342 e. The predicted molar refractivity (Wildman–Crippen MR) is 71.1 cm³/mol. The lowest BCUT2D eigenvalue weighted by molar-refractivity contribution is -0.130. The van der Waals surface area contributed by atoms with Gasteiger partial charge in [0.1, 0.15) is 4.90 Å². The van der Waals surface area contributed by atoms with Gasteiger partial charge >= 0.3 is 0 Å². The van der Waals surface area contributed by atoms with Crippen LogP contribution in [-0.4, -0.2) is 60.4 Å². The molecule has 1 heterocycles. The number of hydrogen-bond acceptors (Lipinski definition) is 4. The van der Waals surface area contributed by atoms with Gasteiger partial charge in [0.15, 0.2) is 0 Å². The van der Waals surface area contributed by atoms with E-state index >= 15 is 0 Å². The van der Waals surface area contributed by atoms with Gasteiger partial charge in [0.2, 0.25) is 15.9 Å². The minimum Gasteiger partial charge on any atom is -0.342 e. The first kappa shape index (κ1) is 15.6. The summed E-state index contributed by atoms with van der Waals surface area (Å²) < 4.78 is 25.5. The van der Waals surface area contributed by atoms with E-state index < -0.39 is 10.0 Å². The van der Waals surface area contributed by atoms with Crippen molar-refractivity contribution >= 4 is 15.9 Å². The van der Waals surface area contributed by atoms with Crippen LogP contribution >= 0.6 is 0 Å². The highest BCUT2D eigenvalue weighted by atomic mass is 32.2. The van der Waals surface area contributed by atoms with Gasteiger partial charge in [-0.15, -0.1) is 0 Å². The van der Waals surface area contributed by atoms with E-state index in [2.05, 4.69) is 10.2 Å². The third kappa shape index (κ3) is 3.32. The summed E-state index contributed by atoms with van der Waals surface area (Å²) >= 11 is 0. The lowest BCUT2D eigenvalue weighted by Crippen LogP contribution is -2.41. The second-order valence-electron chi connectivity index (χ2n) is 4.19. The first-order valence-electron chi connectivity index (χ1n) is 6.08. The number of H-pyrrole nitrogens is 1. The number of rotatable bonds is 6. The molecule has 0 aliphatic rings. The third-order valence-corrected chi connectivity index (χ3v) is 4.86. The number of nitrogens with zero attached hydrogens (tertiary/aromatic N) is 3. The van der Waals surface area contributed by atoms with Crippen LogP contribution in [0.25, 0.3) is 0 Å². The Bertz CT molecular complexity index is 534. The van der Waals surface area contributed by atoms with Crippen molar-refractivity contribution < 1.29 is 13.2 Å². The zero-order chi connectivity index (χ0) is 14.6. The van der Waals surface area contributed by atoms with Crippen LogP contribution in [0.1, 0.15) is 19.5 Å². The van der Waals surface area contributed by atoms with Gasteiger partial charge < -0.3 is 4.90 Å². The molecule has 108 valence electrons. The number of sulfonamides is 1. The van der Waals surface area contributed by atoms with E-state index in [0.717, 1.165) is 4.31 Å². The quantitative estimate of drug-likeness (QED) is 0.810. The van der Waals surface area contributed by atoms with Gasteiger partial charge in [-0.1, -0.05) is 0 Å². The van der Waals surface area contributed by atoms with E-state index in [1.807, 2.05) is 13.8 Å². The summed E-state index contributed by atoms with van der Waals surface area (Å²) in [6.07, 6.45) is 1.25. The Balaban J connectivity index is 2.87. The molecule has 0 atom stereocenters. The monoisotopic (exact) mass is 288 g/mol. The summed E-state index contributed by atoms with van der Waals surface area (Å²) in [4.78, 5) is 13.6. The topological polar surface area (TPSA) is 86.4 Å². The molecule has 0 aromatic carbocycles. The predicted octanol–water partition coefficient (Wildman–Crippen LogP) is 0.207. The van der Waals surface area contributed by atoms with Crippen molar-refractivity contribution in [2.45, 2.75) is 25.7 Å². The average molecular weight is 288 g/mol. The van der Waals surface area contributed by atoms with Crippen LogP contribution in [0, 0.1) is 6.92 Å². The summed E-state index contributed by atoms with van der Waals surface area (Å²) in [6.45, 7) is 6.29. The molecule has 8 heteroatoms. The lowest BCUT2D eigenvalue weighted by Gasteiger charge is -2.22. The number of nitrogens with one attached hydrogen (secondary N) is 1.